The third kappa shape index (κ3) is 4.86. The molecule has 2 aromatic heterocycles. The van der Waals surface area contributed by atoms with Gasteiger partial charge in [-0.25, -0.2) is 0 Å². The van der Waals surface area contributed by atoms with E-state index in [1.54, 1.807) is 11.3 Å². The van der Waals surface area contributed by atoms with Gasteiger partial charge in [0.25, 0.3) is 11.5 Å². The van der Waals surface area contributed by atoms with E-state index in [1.807, 2.05) is 25.3 Å². The number of pyridine rings is 1. The maximum absolute atomic E-state index is 13.0. The number of thiophene rings is 1. The first kappa shape index (κ1) is 24.7. The lowest BCUT2D eigenvalue weighted by atomic mass is 9.66. The number of carbonyl (C=O) groups excluding carboxylic acids is 1. The minimum absolute atomic E-state index is 0.0925. The summed E-state index contributed by atoms with van der Waals surface area (Å²) in [6.07, 6.45) is 6.04. The Labute approximate surface area is 196 Å². The molecule has 0 saturated heterocycles. The number of hydrogen-bond acceptors (Lipinski definition) is 4. The number of carbonyl (C=O) groups is 1. The molecule has 1 fully saturated rings. The number of aryl methyl sites for hydroxylation is 2. The molecule has 32 heavy (non-hydrogen) atoms. The molecule has 1 atom stereocenters. The zero-order chi connectivity index (χ0) is 23.6. The fourth-order valence-corrected chi connectivity index (χ4v) is 6.82. The Balaban J connectivity index is 1.76. The van der Waals surface area contributed by atoms with Crippen LogP contribution in [0.25, 0.3) is 0 Å². The molecule has 0 aliphatic heterocycles. The van der Waals surface area contributed by atoms with E-state index >= 15 is 0 Å². The van der Waals surface area contributed by atoms with Crippen LogP contribution in [0.2, 0.25) is 0 Å². The lowest BCUT2D eigenvalue weighted by Gasteiger charge is -2.42. The van der Waals surface area contributed by atoms with Crippen LogP contribution in [0.3, 0.4) is 0 Å². The fourth-order valence-electron chi connectivity index (χ4n) is 5.43. The molecule has 0 bridgehead atoms. The first-order valence-corrected chi connectivity index (χ1v) is 12.7. The standard InChI is InChI=1S/C26H39N3O2S/c1-8-26(5,19-9-11-20(12-10-19)29(6)7)23-18(4)22(15-32-23)24(30)27-14-21-16(2)13-17(3)28-25(21)31/h13,15,19-20H,8-12,14H2,1-7H3,(H,27,30)(H,28,31)/t19?,20?,26-/m0/s1. The monoisotopic (exact) mass is 457 g/mol. The summed E-state index contributed by atoms with van der Waals surface area (Å²) in [4.78, 5) is 31.8. The van der Waals surface area contributed by atoms with Gasteiger partial charge in [0.1, 0.15) is 0 Å². The molecule has 0 radical (unpaired) electrons. The van der Waals surface area contributed by atoms with Crippen molar-refractivity contribution in [2.24, 2.45) is 5.92 Å². The Morgan fingerprint density at radius 1 is 1.22 bits per heavy atom. The quantitative estimate of drug-likeness (QED) is 0.609. The van der Waals surface area contributed by atoms with Gasteiger partial charge in [0.05, 0.1) is 5.56 Å². The maximum Gasteiger partial charge on any atom is 0.253 e. The van der Waals surface area contributed by atoms with E-state index in [1.165, 1.54) is 30.6 Å². The molecular weight excluding hydrogens is 418 g/mol. The minimum Gasteiger partial charge on any atom is -0.348 e. The molecule has 0 spiro atoms. The van der Waals surface area contributed by atoms with Crippen molar-refractivity contribution in [1.82, 2.24) is 15.2 Å². The number of aromatic amines is 1. The number of amides is 1. The van der Waals surface area contributed by atoms with Crippen LogP contribution in [0, 0.1) is 26.7 Å². The SMILES string of the molecule is CC[C@](C)(c1scc(C(=O)NCc2c(C)cc(C)[nH]c2=O)c1C)C1CCC(N(C)C)CC1. The van der Waals surface area contributed by atoms with E-state index in [9.17, 15) is 9.59 Å². The van der Waals surface area contributed by atoms with Gasteiger partial charge in [-0.1, -0.05) is 13.8 Å². The molecule has 2 aromatic rings. The van der Waals surface area contributed by atoms with Crippen molar-refractivity contribution >= 4 is 17.2 Å². The van der Waals surface area contributed by atoms with E-state index in [-0.39, 0.29) is 23.4 Å². The lowest BCUT2D eigenvalue weighted by Crippen LogP contribution is -2.39. The second-order valence-corrected chi connectivity index (χ2v) is 10.8. The number of hydrogen-bond donors (Lipinski definition) is 2. The molecule has 6 heteroatoms. The van der Waals surface area contributed by atoms with Crippen LogP contribution in [0.1, 0.15) is 83.6 Å². The molecule has 1 aliphatic carbocycles. The fraction of sp³-hybridized carbons (Fsp3) is 0.615. The number of aromatic nitrogens is 1. The first-order chi connectivity index (χ1) is 15.1. The predicted octanol–water partition coefficient (Wildman–Crippen LogP) is 5.08. The van der Waals surface area contributed by atoms with Crippen molar-refractivity contribution in [2.45, 2.75) is 84.7 Å². The molecule has 2 N–H and O–H groups in total. The van der Waals surface area contributed by atoms with E-state index < -0.39 is 0 Å². The minimum atomic E-state index is -0.127. The van der Waals surface area contributed by atoms with E-state index in [0.29, 0.717) is 17.5 Å². The van der Waals surface area contributed by atoms with Crippen LogP contribution in [-0.4, -0.2) is 35.9 Å². The third-order valence-corrected chi connectivity index (χ3v) is 9.15. The van der Waals surface area contributed by atoms with Crippen molar-refractivity contribution in [1.29, 1.82) is 0 Å². The van der Waals surface area contributed by atoms with Gasteiger partial charge in [-0.3, -0.25) is 9.59 Å². The van der Waals surface area contributed by atoms with Gasteiger partial charge in [-0.15, -0.1) is 11.3 Å². The van der Waals surface area contributed by atoms with E-state index in [4.69, 9.17) is 0 Å². The number of H-pyrrole nitrogens is 1. The summed E-state index contributed by atoms with van der Waals surface area (Å²) in [6, 6.07) is 2.63. The average Bonchev–Trinajstić information content (AvgIpc) is 3.14. The average molecular weight is 458 g/mol. The highest BCUT2D eigenvalue weighted by molar-refractivity contribution is 7.10. The summed E-state index contributed by atoms with van der Waals surface area (Å²) in [5, 5.41) is 4.99. The molecule has 1 saturated carbocycles. The topological polar surface area (TPSA) is 65.2 Å². The Morgan fingerprint density at radius 2 is 1.88 bits per heavy atom. The van der Waals surface area contributed by atoms with Gasteiger partial charge in [0.15, 0.2) is 0 Å². The van der Waals surface area contributed by atoms with Gasteiger partial charge >= 0.3 is 0 Å². The van der Waals surface area contributed by atoms with Crippen LogP contribution in [-0.2, 0) is 12.0 Å². The summed E-state index contributed by atoms with van der Waals surface area (Å²) < 4.78 is 0. The Kier molecular flexibility index (Phi) is 7.66. The van der Waals surface area contributed by atoms with Gasteiger partial charge in [-0.2, -0.15) is 0 Å². The molecular formula is C26H39N3O2S. The summed E-state index contributed by atoms with van der Waals surface area (Å²) >= 11 is 1.73. The van der Waals surface area contributed by atoms with Crippen LogP contribution in [0.5, 0.6) is 0 Å². The maximum atomic E-state index is 13.0. The van der Waals surface area contributed by atoms with Crippen molar-refractivity contribution in [3.8, 4) is 0 Å². The van der Waals surface area contributed by atoms with Crippen LogP contribution < -0.4 is 10.9 Å². The summed E-state index contributed by atoms with van der Waals surface area (Å²) in [6.45, 7) is 10.8. The number of rotatable bonds is 7. The van der Waals surface area contributed by atoms with Crippen molar-refractivity contribution in [3.63, 3.8) is 0 Å². The summed E-state index contributed by atoms with van der Waals surface area (Å²) in [5.74, 6) is 0.546. The first-order valence-electron chi connectivity index (χ1n) is 11.8. The molecule has 176 valence electrons. The van der Waals surface area contributed by atoms with Crippen LogP contribution in [0.4, 0.5) is 0 Å². The van der Waals surface area contributed by atoms with Gasteiger partial charge in [-0.05, 0) is 90.1 Å². The Morgan fingerprint density at radius 3 is 2.44 bits per heavy atom. The molecule has 5 nitrogen and oxygen atoms in total. The zero-order valence-electron chi connectivity index (χ0n) is 20.7. The highest BCUT2D eigenvalue weighted by Crippen LogP contribution is 2.47. The highest BCUT2D eigenvalue weighted by atomic mass is 32.1. The molecule has 1 aliphatic rings. The van der Waals surface area contributed by atoms with E-state index in [0.717, 1.165) is 28.8 Å². The number of nitrogens with zero attached hydrogens (tertiary/aromatic N) is 1. The normalized spacial score (nSPS) is 20.9. The Bertz CT molecular complexity index is 1010. The van der Waals surface area contributed by atoms with E-state index in [2.05, 4.69) is 50.1 Å². The van der Waals surface area contributed by atoms with Crippen molar-refractivity contribution < 1.29 is 4.79 Å². The van der Waals surface area contributed by atoms with Crippen LogP contribution in [0.15, 0.2) is 16.2 Å². The molecule has 0 aromatic carbocycles. The lowest BCUT2D eigenvalue weighted by molar-refractivity contribution is 0.0950. The summed E-state index contributed by atoms with van der Waals surface area (Å²) in [7, 11) is 4.37. The molecule has 3 rings (SSSR count). The predicted molar refractivity (Wildman–Crippen MR) is 134 cm³/mol. The number of nitrogens with one attached hydrogen (secondary N) is 2. The highest BCUT2D eigenvalue weighted by Gasteiger charge is 2.39. The largest absolute Gasteiger partial charge is 0.348 e. The Hall–Kier alpha value is -1.92. The molecule has 1 amide bonds. The second-order valence-electron chi connectivity index (χ2n) is 9.97. The van der Waals surface area contributed by atoms with Gasteiger partial charge in [0.2, 0.25) is 0 Å². The smallest absolute Gasteiger partial charge is 0.253 e. The van der Waals surface area contributed by atoms with Crippen molar-refractivity contribution in [2.75, 3.05) is 14.1 Å². The summed E-state index contributed by atoms with van der Waals surface area (Å²) in [5.41, 5.74) is 4.16. The molecule has 2 heterocycles. The third-order valence-electron chi connectivity index (χ3n) is 7.78. The molecule has 0 unspecified atom stereocenters. The van der Waals surface area contributed by atoms with Gasteiger partial charge in [0, 0.05) is 39.5 Å². The second kappa shape index (κ2) is 9.92. The van der Waals surface area contributed by atoms with Gasteiger partial charge < -0.3 is 15.2 Å². The van der Waals surface area contributed by atoms with Crippen LogP contribution >= 0.6 is 11.3 Å². The van der Waals surface area contributed by atoms with Crippen molar-refractivity contribution in [3.05, 3.63) is 54.6 Å². The zero-order valence-corrected chi connectivity index (χ0v) is 21.5.